The maximum Gasteiger partial charge on any atom is 0.149 e. The SMILES string of the molecule is Cn1nccc1CCNc1cncc(Cl)n1. The molecule has 0 atom stereocenters. The molecule has 0 radical (unpaired) electrons. The van der Waals surface area contributed by atoms with Crippen LogP contribution in [-0.2, 0) is 13.5 Å². The predicted molar refractivity (Wildman–Crippen MR) is 62.4 cm³/mol. The van der Waals surface area contributed by atoms with Crippen molar-refractivity contribution in [2.75, 3.05) is 11.9 Å². The van der Waals surface area contributed by atoms with Crippen molar-refractivity contribution < 1.29 is 0 Å². The smallest absolute Gasteiger partial charge is 0.149 e. The van der Waals surface area contributed by atoms with E-state index in [9.17, 15) is 0 Å². The molecule has 16 heavy (non-hydrogen) atoms. The first kappa shape index (κ1) is 10.9. The molecule has 0 bridgehead atoms. The number of rotatable bonds is 4. The number of anilines is 1. The van der Waals surface area contributed by atoms with E-state index in [-0.39, 0.29) is 0 Å². The number of halogens is 1. The molecule has 2 aromatic heterocycles. The molecule has 0 fully saturated rings. The number of nitrogens with zero attached hydrogens (tertiary/aromatic N) is 4. The highest BCUT2D eigenvalue weighted by atomic mass is 35.5. The van der Waals surface area contributed by atoms with Gasteiger partial charge in [-0.05, 0) is 6.07 Å². The largest absolute Gasteiger partial charge is 0.368 e. The first-order chi connectivity index (χ1) is 7.75. The van der Waals surface area contributed by atoms with Crippen molar-refractivity contribution in [3.8, 4) is 0 Å². The first-order valence-corrected chi connectivity index (χ1v) is 5.32. The second-order valence-corrected chi connectivity index (χ2v) is 3.74. The molecular weight excluding hydrogens is 226 g/mol. The maximum absolute atomic E-state index is 5.72. The fraction of sp³-hybridized carbons (Fsp3) is 0.300. The molecule has 1 N–H and O–H groups in total. The zero-order valence-corrected chi connectivity index (χ0v) is 9.65. The Kier molecular flexibility index (Phi) is 3.36. The highest BCUT2D eigenvalue weighted by molar-refractivity contribution is 6.29. The van der Waals surface area contributed by atoms with E-state index in [4.69, 9.17) is 11.6 Å². The lowest BCUT2D eigenvalue weighted by molar-refractivity contribution is 0.711. The van der Waals surface area contributed by atoms with Gasteiger partial charge in [0.15, 0.2) is 0 Å². The molecule has 0 aliphatic carbocycles. The van der Waals surface area contributed by atoms with E-state index in [0.717, 1.165) is 13.0 Å². The van der Waals surface area contributed by atoms with Gasteiger partial charge in [0.25, 0.3) is 0 Å². The molecule has 0 aromatic carbocycles. The van der Waals surface area contributed by atoms with Crippen LogP contribution in [0.2, 0.25) is 5.15 Å². The molecule has 6 heteroatoms. The lowest BCUT2D eigenvalue weighted by atomic mass is 10.3. The summed E-state index contributed by atoms with van der Waals surface area (Å²) in [5.74, 6) is 0.690. The Labute approximate surface area is 98.5 Å². The predicted octanol–water partition coefficient (Wildman–Crippen LogP) is 1.52. The molecule has 0 saturated heterocycles. The van der Waals surface area contributed by atoms with Crippen LogP contribution in [0.25, 0.3) is 0 Å². The topological polar surface area (TPSA) is 55.6 Å². The lowest BCUT2D eigenvalue weighted by Crippen LogP contribution is -2.09. The van der Waals surface area contributed by atoms with Crippen LogP contribution in [0.15, 0.2) is 24.7 Å². The minimum atomic E-state index is 0.394. The van der Waals surface area contributed by atoms with Crippen LogP contribution in [0.4, 0.5) is 5.82 Å². The number of aryl methyl sites for hydroxylation is 1. The van der Waals surface area contributed by atoms with Crippen molar-refractivity contribution in [3.05, 3.63) is 35.5 Å². The van der Waals surface area contributed by atoms with Crippen LogP contribution in [-0.4, -0.2) is 26.3 Å². The molecule has 84 valence electrons. The van der Waals surface area contributed by atoms with Crippen LogP contribution >= 0.6 is 11.6 Å². The Morgan fingerprint density at radius 3 is 3.00 bits per heavy atom. The Balaban J connectivity index is 1.87. The second-order valence-electron chi connectivity index (χ2n) is 3.35. The fourth-order valence-corrected chi connectivity index (χ4v) is 1.54. The molecule has 5 nitrogen and oxygen atoms in total. The molecule has 0 spiro atoms. The summed E-state index contributed by atoms with van der Waals surface area (Å²) in [6.07, 6.45) is 5.82. The van der Waals surface area contributed by atoms with Gasteiger partial charge in [0.05, 0.1) is 12.4 Å². The van der Waals surface area contributed by atoms with E-state index in [2.05, 4.69) is 20.4 Å². The molecule has 0 saturated carbocycles. The van der Waals surface area contributed by atoms with E-state index < -0.39 is 0 Å². The standard InChI is InChI=1S/C10H12ClN5/c1-16-8(3-5-14-16)2-4-13-10-7-12-6-9(11)15-10/h3,5-7H,2,4H2,1H3,(H,13,15). The van der Waals surface area contributed by atoms with Crippen LogP contribution < -0.4 is 5.32 Å². The molecule has 0 amide bonds. The molecule has 2 heterocycles. The number of nitrogens with one attached hydrogen (secondary N) is 1. The van der Waals surface area contributed by atoms with Crippen molar-refractivity contribution in [2.24, 2.45) is 7.05 Å². The van der Waals surface area contributed by atoms with E-state index in [0.29, 0.717) is 11.0 Å². The lowest BCUT2D eigenvalue weighted by Gasteiger charge is -2.05. The van der Waals surface area contributed by atoms with Crippen molar-refractivity contribution in [2.45, 2.75) is 6.42 Å². The van der Waals surface area contributed by atoms with Crippen molar-refractivity contribution >= 4 is 17.4 Å². The van der Waals surface area contributed by atoms with Gasteiger partial charge in [0, 0.05) is 31.9 Å². The van der Waals surface area contributed by atoms with Gasteiger partial charge in [-0.1, -0.05) is 11.6 Å². The zero-order chi connectivity index (χ0) is 11.4. The van der Waals surface area contributed by atoms with Crippen LogP contribution in [0.3, 0.4) is 0 Å². The third-order valence-electron chi connectivity index (χ3n) is 2.21. The van der Waals surface area contributed by atoms with Gasteiger partial charge in [0.1, 0.15) is 11.0 Å². The molecule has 2 rings (SSSR count). The highest BCUT2D eigenvalue weighted by Crippen LogP contribution is 2.06. The van der Waals surface area contributed by atoms with E-state index >= 15 is 0 Å². The van der Waals surface area contributed by atoms with Crippen molar-refractivity contribution in [1.29, 1.82) is 0 Å². The Morgan fingerprint density at radius 2 is 2.31 bits per heavy atom. The van der Waals surface area contributed by atoms with Gasteiger partial charge >= 0.3 is 0 Å². The van der Waals surface area contributed by atoms with Gasteiger partial charge in [-0.2, -0.15) is 5.10 Å². The molecule has 0 aliphatic heterocycles. The molecule has 0 unspecified atom stereocenters. The minimum absolute atomic E-state index is 0.394. The van der Waals surface area contributed by atoms with Gasteiger partial charge in [-0.15, -0.1) is 0 Å². The number of aromatic nitrogens is 4. The monoisotopic (exact) mass is 237 g/mol. The fourth-order valence-electron chi connectivity index (χ4n) is 1.39. The quantitative estimate of drug-likeness (QED) is 0.876. The summed E-state index contributed by atoms with van der Waals surface area (Å²) in [7, 11) is 1.93. The third kappa shape index (κ3) is 2.70. The Hall–Kier alpha value is -1.62. The van der Waals surface area contributed by atoms with Gasteiger partial charge in [-0.3, -0.25) is 9.67 Å². The molecular formula is C10H12ClN5. The van der Waals surface area contributed by atoms with E-state index in [1.54, 1.807) is 12.4 Å². The summed E-state index contributed by atoms with van der Waals surface area (Å²) >= 11 is 5.72. The summed E-state index contributed by atoms with van der Waals surface area (Å²) in [6, 6.07) is 1.99. The maximum atomic E-state index is 5.72. The average molecular weight is 238 g/mol. The van der Waals surface area contributed by atoms with E-state index in [1.807, 2.05) is 17.8 Å². The summed E-state index contributed by atoms with van der Waals surface area (Å²) in [6.45, 7) is 0.772. The van der Waals surface area contributed by atoms with Crippen molar-refractivity contribution in [1.82, 2.24) is 19.7 Å². The summed E-state index contributed by atoms with van der Waals surface area (Å²) in [5, 5.41) is 7.64. The zero-order valence-electron chi connectivity index (χ0n) is 8.89. The number of hydrogen-bond donors (Lipinski definition) is 1. The van der Waals surface area contributed by atoms with Gasteiger partial charge in [0.2, 0.25) is 0 Å². The second kappa shape index (κ2) is 4.94. The van der Waals surface area contributed by atoms with Crippen LogP contribution in [0.1, 0.15) is 5.69 Å². The number of hydrogen-bond acceptors (Lipinski definition) is 4. The highest BCUT2D eigenvalue weighted by Gasteiger charge is 1.99. The first-order valence-electron chi connectivity index (χ1n) is 4.94. The summed E-state index contributed by atoms with van der Waals surface area (Å²) < 4.78 is 1.85. The summed E-state index contributed by atoms with van der Waals surface area (Å²) in [4.78, 5) is 8.03. The van der Waals surface area contributed by atoms with E-state index in [1.165, 1.54) is 11.9 Å². The Morgan fingerprint density at radius 1 is 1.44 bits per heavy atom. The third-order valence-corrected chi connectivity index (χ3v) is 2.40. The average Bonchev–Trinajstić information content (AvgIpc) is 2.65. The summed E-state index contributed by atoms with van der Waals surface area (Å²) in [5.41, 5.74) is 1.17. The normalized spacial score (nSPS) is 10.4. The van der Waals surface area contributed by atoms with Crippen molar-refractivity contribution in [3.63, 3.8) is 0 Å². The molecule has 0 aliphatic rings. The Bertz CT molecular complexity index is 468. The van der Waals surface area contributed by atoms with Gasteiger partial charge < -0.3 is 5.32 Å². The minimum Gasteiger partial charge on any atom is -0.368 e. The van der Waals surface area contributed by atoms with Crippen LogP contribution in [0, 0.1) is 0 Å². The van der Waals surface area contributed by atoms with Gasteiger partial charge in [-0.25, -0.2) is 4.98 Å². The molecule has 2 aromatic rings. The van der Waals surface area contributed by atoms with Crippen LogP contribution in [0.5, 0.6) is 0 Å².